The van der Waals surface area contributed by atoms with Gasteiger partial charge in [0.2, 0.25) is 10.0 Å². The number of sulfonamides is 1. The second-order valence-corrected chi connectivity index (χ2v) is 9.77. The van der Waals surface area contributed by atoms with Gasteiger partial charge in [0.1, 0.15) is 12.4 Å². The third kappa shape index (κ3) is 5.99. The highest BCUT2D eigenvalue weighted by molar-refractivity contribution is 7.89. The lowest BCUT2D eigenvalue weighted by Crippen LogP contribution is -2.48. The van der Waals surface area contributed by atoms with Crippen molar-refractivity contribution < 1.29 is 27.1 Å². The number of nitrogens with zero attached hydrogens (tertiary/aromatic N) is 1. The second-order valence-electron chi connectivity index (χ2n) is 7.73. The van der Waals surface area contributed by atoms with Crippen molar-refractivity contribution in [2.24, 2.45) is 11.8 Å². The minimum Gasteiger partial charge on any atom is -0.452 e. The van der Waals surface area contributed by atoms with Crippen LogP contribution in [0.15, 0.2) is 29.2 Å². The first-order chi connectivity index (χ1) is 13.5. The summed E-state index contributed by atoms with van der Waals surface area (Å²) >= 11 is 0. The molecule has 0 unspecified atom stereocenters. The number of hydrogen-bond acceptors (Lipinski definition) is 5. The smallest absolute Gasteiger partial charge is 0.322 e. The van der Waals surface area contributed by atoms with E-state index in [2.05, 4.69) is 19.2 Å². The van der Waals surface area contributed by atoms with E-state index in [4.69, 9.17) is 4.74 Å². The molecule has 1 aromatic rings. The van der Waals surface area contributed by atoms with Gasteiger partial charge in [0.25, 0.3) is 5.91 Å². The zero-order valence-corrected chi connectivity index (χ0v) is 18.0. The van der Waals surface area contributed by atoms with Crippen molar-refractivity contribution in [2.75, 3.05) is 13.6 Å². The molecular weight excluding hydrogens is 399 g/mol. The van der Waals surface area contributed by atoms with Gasteiger partial charge >= 0.3 is 5.97 Å². The Kier molecular flexibility index (Phi) is 7.76. The molecule has 2 rings (SSSR count). The molecule has 0 heterocycles. The number of carbonyl (C=O) groups excluding carboxylic acids is 2. The van der Waals surface area contributed by atoms with E-state index in [-0.39, 0.29) is 10.9 Å². The summed E-state index contributed by atoms with van der Waals surface area (Å²) in [6.07, 6.45) is 2.02. The van der Waals surface area contributed by atoms with E-state index >= 15 is 0 Å². The zero-order chi connectivity index (χ0) is 21.8. The molecule has 1 amide bonds. The average Bonchev–Trinajstić information content (AvgIpc) is 2.65. The molecule has 0 bridgehead atoms. The van der Waals surface area contributed by atoms with Crippen molar-refractivity contribution >= 4 is 21.9 Å². The van der Waals surface area contributed by atoms with Crippen LogP contribution < -0.4 is 5.32 Å². The van der Waals surface area contributed by atoms with Crippen LogP contribution in [0.1, 0.15) is 40.0 Å². The van der Waals surface area contributed by atoms with Gasteiger partial charge in [-0.3, -0.25) is 9.59 Å². The molecule has 0 aliphatic heterocycles. The van der Waals surface area contributed by atoms with Crippen LogP contribution in [0.5, 0.6) is 0 Å². The molecule has 0 aromatic heterocycles. The largest absolute Gasteiger partial charge is 0.452 e. The van der Waals surface area contributed by atoms with Gasteiger partial charge in [0, 0.05) is 13.1 Å². The average molecular weight is 429 g/mol. The first-order valence-electron chi connectivity index (χ1n) is 9.74. The summed E-state index contributed by atoms with van der Waals surface area (Å²) in [5, 5.41) is 2.94. The van der Waals surface area contributed by atoms with E-state index in [9.17, 15) is 22.4 Å². The molecule has 162 valence electrons. The van der Waals surface area contributed by atoms with Crippen LogP contribution in [0.4, 0.5) is 4.39 Å². The summed E-state index contributed by atoms with van der Waals surface area (Å²) in [6, 6.07) is 4.33. The standard InChI is InChI=1S/C20H29FN2O5S/c1-13-6-5-7-18(14(13)2)22-20(25)15(3)28-19(24)12-23(4)29(26,27)17-10-8-16(21)9-11-17/h8-11,13-15,18H,5-7,12H2,1-4H3,(H,22,25)/t13-,14+,15+,18-/m0/s1. The van der Waals surface area contributed by atoms with Crippen LogP contribution in [-0.4, -0.2) is 50.3 Å². The predicted molar refractivity (Wildman–Crippen MR) is 106 cm³/mol. The Hall–Kier alpha value is -2.00. The number of hydrogen-bond donors (Lipinski definition) is 1. The van der Waals surface area contributed by atoms with Gasteiger partial charge in [0.05, 0.1) is 4.90 Å². The highest BCUT2D eigenvalue weighted by Crippen LogP contribution is 2.29. The van der Waals surface area contributed by atoms with Crippen molar-refractivity contribution in [1.29, 1.82) is 0 Å². The highest BCUT2D eigenvalue weighted by Gasteiger charge is 2.31. The molecule has 1 aliphatic rings. The monoisotopic (exact) mass is 428 g/mol. The fourth-order valence-electron chi connectivity index (χ4n) is 3.43. The topological polar surface area (TPSA) is 92.8 Å². The van der Waals surface area contributed by atoms with E-state index in [1.54, 1.807) is 0 Å². The Morgan fingerprint density at radius 1 is 1.24 bits per heavy atom. The predicted octanol–water partition coefficient (Wildman–Crippen LogP) is 2.32. The maximum Gasteiger partial charge on any atom is 0.322 e. The molecule has 1 aromatic carbocycles. The van der Waals surface area contributed by atoms with Gasteiger partial charge in [-0.1, -0.05) is 26.7 Å². The van der Waals surface area contributed by atoms with Gasteiger partial charge in [-0.25, -0.2) is 12.8 Å². The lowest BCUT2D eigenvalue weighted by atomic mass is 9.78. The third-order valence-electron chi connectivity index (χ3n) is 5.59. The number of benzene rings is 1. The number of rotatable bonds is 7. The van der Waals surface area contributed by atoms with Crippen LogP contribution in [0.3, 0.4) is 0 Å². The van der Waals surface area contributed by atoms with Gasteiger partial charge in [-0.2, -0.15) is 4.31 Å². The number of amides is 1. The molecule has 1 N–H and O–H groups in total. The van der Waals surface area contributed by atoms with Gasteiger partial charge in [0.15, 0.2) is 6.10 Å². The Labute approximate surface area is 171 Å². The van der Waals surface area contributed by atoms with E-state index in [1.807, 2.05) is 0 Å². The lowest BCUT2D eigenvalue weighted by molar-refractivity contribution is -0.155. The highest BCUT2D eigenvalue weighted by atomic mass is 32.2. The quantitative estimate of drug-likeness (QED) is 0.673. The first kappa shape index (κ1) is 23.3. The van der Waals surface area contributed by atoms with Crippen molar-refractivity contribution in [1.82, 2.24) is 9.62 Å². The summed E-state index contributed by atoms with van der Waals surface area (Å²) in [7, 11) is -2.76. The van der Waals surface area contributed by atoms with Gasteiger partial charge < -0.3 is 10.1 Å². The van der Waals surface area contributed by atoms with E-state index in [1.165, 1.54) is 14.0 Å². The Balaban J connectivity index is 1.90. The molecule has 1 fully saturated rings. The fourth-order valence-corrected chi connectivity index (χ4v) is 4.54. The number of nitrogens with one attached hydrogen (secondary N) is 1. The molecule has 0 spiro atoms. The van der Waals surface area contributed by atoms with E-state index in [0.717, 1.165) is 47.8 Å². The number of esters is 1. The minimum atomic E-state index is -3.98. The van der Waals surface area contributed by atoms with Crippen LogP contribution in [0.25, 0.3) is 0 Å². The minimum absolute atomic E-state index is 0.0360. The molecule has 0 saturated heterocycles. The van der Waals surface area contributed by atoms with Gasteiger partial charge in [-0.15, -0.1) is 0 Å². The molecule has 29 heavy (non-hydrogen) atoms. The number of carbonyl (C=O) groups is 2. The van der Waals surface area contributed by atoms with Crippen molar-refractivity contribution in [3.63, 3.8) is 0 Å². The molecule has 0 radical (unpaired) electrons. The molecule has 9 heteroatoms. The third-order valence-corrected chi connectivity index (χ3v) is 7.40. The lowest BCUT2D eigenvalue weighted by Gasteiger charge is -2.35. The number of ether oxygens (including phenoxy) is 1. The molecule has 7 nitrogen and oxygen atoms in total. The maximum atomic E-state index is 13.0. The van der Waals surface area contributed by atoms with Crippen LogP contribution in [0.2, 0.25) is 0 Å². The summed E-state index contributed by atoms with van der Waals surface area (Å²) in [6.45, 7) is 5.15. The molecule has 1 saturated carbocycles. The number of halogens is 1. The molecular formula is C20H29FN2O5S. The number of likely N-dealkylation sites (N-methyl/N-ethyl adjacent to an activating group) is 1. The van der Waals surface area contributed by atoms with Crippen LogP contribution in [0, 0.1) is 17.7 Å². The van der Waals surface area contributed by atoms with Crippen molar-refractivity contribution in [2.45, 2.75) is 57.1 Å². The normalized spacial score (nSPS) is 23.4. The fraction of sp³-hybridized carbons (Fsp3) is 0.600. The molecule has 1 aliphatic carbocycles. The maximum absolute atomic E-state index is 13.0. The van der Waals surface area contributed by atoms with Crippen molar-refractivity contribution in [3.05, 3.63) is 30.1 Å². The van der Waals surface area contributed by atoms with E-state index in [0.29, 0.717) is 11.8 Å². The Morgan fingerprint density at radius 3 is 2.48 bits per heavy atom. The summed E-state index contributed by atoms with van der Waals surface area (Å²) in [5.74, 6) is -0.952. The molecule has 4 atom stereocenters. The first-order valence-corrected chi connectivity index (χ1v) is 11.2. The van der Waals surface area contributed by atoms with Crippen LogP contribution >= 0.6 is 0 Å². The Morgan fingerprint density at radius 2 is 1.86 bits per heavy atom. The Bertz CT molecular complexity index is 828. The van der Waals surface area contributed by atoms with Crippen LogP contribution in [-0.2, 0) is 24.3 Å². The summed E-state index contributed by atoms with van der Waals surface area (Å²) in [4.78, 5) is 24.4. The zero-order valence-electron chi connectivity index (χ0n) is 17.2. The van der Waals surface area contributed by atoms with Gasteiger partial charge in [-0.05, 0) is 49.4 Å². The van der Waals surface area contributed by atoms with Crippen molar-refractivity contribution in [3.8, 4) is 0 Å². The second kappa shape index (κ2) is 9.67. The SMILES string of the molecule is C[C@H]1[C@@H](NC(=O)[C@@H](C)OC(=O)CN(C)S(=O)(=O)c2ccc(F)cc2)CCC[C@@H]1C. The summed E-state index contributed by atoms with van der Waals surface area (Å²) in [5.41, 5.74) is 0. The summed E-state index contributed by atoms with van der Waals surface area (Å²) < 4.78 is 43.8. The van der Waals surface area contributed by atoms with E-state index < -0.39 is 40.4 Å².